The first-order chi connectivity index (χ1) is 6.15. The lowest BCUT2D eigenvalue weighted by Crippen LogP contribution is -2.09. The lowest BCUT2D eigenvalue weighted by Gasteiger charge is -2.02. The van der Waals surface area contributed by atoms with Gasteiger partial charge in [-0.1, -0.05) is 11.6 Å². The van der Waals surface area contributed by atoms with E-state index in [4.69, 9.17) is 16.3 Å². The van der Waals surface area contributed by atoms with Gasteiger partial charge >= 0.3 is 5.97 Å². The maximum Gasteiger partial charge on any atom is 0.358 e. The van der Waals surface area contributed by atoms with Crippen LogP contribution in [0.5, 0.6) is 0 Å². The molecule has 0 aliphatic heterocycles. The lowest BCUT2D eigenvalue weighted by molar-refractivity contribution is 0.0519. The van der Waals surface area contributed by atoms with E-state index in [1.54, 1.807) is 13.8 Å². The highest BCUT2D eigenvalue weighted by Gasteiger charge is 2.13. The predicted molar refractivity (Wildman–Crippen MR) is 47.7 cm³/mol. The third-order valence-corrected chi connectivity index (χ3v) is 1.61. The van der Waals surface area contributed by atoms with Crippen molar-refractivity contribution in [3.05, 3.63) is 22.7 Å². The van der Waals surface area contributed by atoms with Crippen LogP contribution < -0.4 is 0 Å². The molecule has 0 unspecified atom stereocenters. The summed E-state index contributed by atoms with van der Waals surface area (Å²) in [5, 5.41) is 0.212. The summed E-state index contributed by atoms with van der Waals surface area (Å²) in [7, 11) is 0. The van der Waals surface area contributed by atoms with Crippen LogP contribution in [0.1, 0.15) is 23.2 Å². The first-order valence-corrected chi connectivity index (χ1v) is 4.19. The van der Waals surface area contributed by atoms with Gasteiger partial charge < -0.3 is 4.74 Å². The molecule has 0 N–H and O–H groups in total. The number of aromatic nitrogens is 2. The van der Waals surface area contributed by atoms with Gasteiger partial charge in [0.1, 0.15) is 5.82 Å². The summed E-state index contributed by atoms with van der Waals surface area (Å²) in [5.74, 6) is -0.0227. The quantitative estimate of drug-likeness (QED) is 0.681. The minimum Gasteiger partial charge on any atom is -0.461 e. The molecular weight excluding hydrogens is 192 g/mol. The van der Waals surface area contributed by atoms with E-state index >= 15 is 0 Å². The van der Waals surface area contributed by atoms with Crippen LogP contribution in [0.2, 0.25) is 5.02 Å². The number of hydrogen-bond acceptors (Lipinski definition) is 4. The smallest absolute Gasteiger partial charge is 0.358 e. The second kappa shape index (κ2) is 4.18. The van der Waals surface area contributed by atoms with Crippen molar-refractivity contribution in [2.24, 2.45) is 0 Å². The van der Waals surface area contributed by atoms with Crippen LogP contribution in [-0.4, -0.2) is 22.5 Å². The average molecular weight is 201 g/mol. The fraction of sp³-hybridized carbons (Fsp3) is 0.375. The summed E-state index contributed by atoms with van der Waals surface area (Å²) in [6, 6.07) is 0. The van der Waals surface area contributed by atoms with Crippen LogP contribution in [0.15, 0.2) is 6.20 Å². The predicted octanol–water partition coefficient (Wildman–Crippen LogP) is 1.62. The topological polar surface area (TPSA) is 52.1 Å². The van der Waals surface area contributed by atoms with Crippen molar-refractivity contribution in [1.82, 2.24) is 9.97 Å². The van der Waals surface area contributed by atoms with Crippen LogP contribution in [-0.2, 0) is 4.74 Å². The summed E-state index contributed by atoms with van der Waals surface area (Å²) >= 11 is 5.70. The molecule has 0 bridgehead atoms. The normalized spacial score (nSPS) is 9.77. The molecule has 0 aliphatic carbocycles. The molecule has 0 radical (unpaired) electrons. The van der Waals surface area contributed by atoms with Gasteiger partial charge in [-0.15, -0.1) is 0 Å². The molecule has 0 spiro atoms. The van der Waals surface area contributed by atoms with Crippen molar-refractivity contribution in [3.63, 3.8) is 0 Å². The number of rotatable bonds is 2. The van der Waals surface area contributed by atoms with Crippen molar-refractivity contribution < 1.29 is 9.53 Å². The maximum atomic E-state index is 11.2. The lowest BCUT2D eigenvalue weighted by atomic mass is 10.4. The van der Waals surface area contributed by atoms with Gasteiger partial charge in [0, 0.05) is 0 Å². The van der Waals surface area contributed by atoms with Crippen LogP contribution in [0, 0.1) is 6.92 Å². The molecule has 0 saturated heterocycles. The number of aryl methyl sites for hydroxylation is 1. The van der Waals surface area contributed by atoms with Crippen LogP contribution in [0.3, 0.4) is 0 Å². The molecule has 0 aliphatic rings. The average Bonchev–Trinajstić information content (AvgIpc) is 2.09. The molecule has 1 heterocycles. The molecule has 1 aromatic heterocycles. The van der Waals surface area contributed by atoms with Gasteiger partial charge in [-0.05, 0) is 13.8 Å². The van der Waals surface area contributed by atoms with E-state index in [1.165, 1.54) is 6.20 Å². The summed E-state index contributed by atoms with van der Waals surface area (Å²) in [6.45, 7) is 3.71. The first kappa shape index (κ1) is 9.92. The van der Waals surface area contributed by atoms with E-state index in [1.807, 2.05) is 0 Å². The van der Waals surface area contributed by atoms with Crippen LogP contribution >= 0.6 is 11.6 Å². The third kappa shape index (κ3) is 2.39. The van der Waals surface area contributed by atoms with Crippen molar-refractivity contribution in [3.8, 4) is 0 Å². The molecule has 0 atom stereocenters. The van der Waals surface area contributed by atoms with Gasteiger partial charge in [0.25, 0.3) is 0 Å². The van der Waals surface area contributed by atoms with Gasteiger partial charge in [-0.25, -0.2) is 14.8 Å². The Kier molecular flexibility index (Phi) is 3.19. The Morgan fingerprint density at radius 3 is 3.00 bits per heavy atom. The Labute approximate surface area is 80.9 Å². The Morgan fingerprint density at radius 2 is 2.38 bits per heavy atom. The molecule has 5 heteroatoms. The van der Waals surface area contributed by atoms with Gasteiger partial charge in [-0.3, -0.25) is 0 Å². The van der Waals surface area contributed by atoms with E-state index < -0.39 is 5.97 Å². The fourth-order valence-corrected chi connectivity index (χ4v) is 0.966. The summed E-state index contributed by atoms with van der Waals surface area (Å²) in [4.78, 5) is 18.9. The number of esters is 1. The Hall–Kier alpha value is -1.16. The molecule has 0 fully saturated rings. The Morgan fingerprint density at radius 1 is 1.69 bits per heavy atom. The Bertz CT molecular complexity index is 328. The standard InChI is InChI=1S/C8H9ClN2O2/c1-3-13-8(12)7-6(9)4-10-5(2)11-7/h4H,3H2,1-2H3. The second-order valence-corrected chi connectivity index (χ2v) is 2.74. The van der Waals surface area contributed by atoms with E-state index in [2.05, 4.69) is 9.97 Å². The third-order valence-electron chi connectivity index (χ3n) is 1.33. The largest absolute Gasteiger partial charge is 0.461 e. The SMILES string of the molecule is CCOC(=O)c1nc(C)ncc1Cl. The number of hydrogen-bond donors (Lipinski definition) is 0. The van der Waals surface area contributed by atoms with E-state index in [0.717, 1.165) is 0 Å². The molecule has 13 heavy (non-hydrogen) atoms. The van der Waals surface area contributed by atoms with Crippen LogP contribution in [0.25, 0.3) is 0 Å². The highest BCUT2D eigenvalue weighted by atomic mass is 35.5. The maximum absolute atomic E-state index is 11.2. The van der Waals surface area contributed by atoms with Crippen molar-refractivity contribution in [1.29, 1.82) is 0 Å². The highest BCUT2D eigenvalue weighted by Crippen LogP contribution is 2.12. The number of carbonyl (C=O) groups is 1. The van der Waals surface area contributed by atoms with Gasteiger partial charge in [0.05, 0.1) is 17.8 Å². The fourth-order valence-electron chi connectivity index (χ4n) is 0.798. The van der Waals surface area contributed by atoms with Crippen molar-refractivity contribution in [2.45, 2.75) is 13.8 Å². The minimum absolute atomic E-state index is 0.121. The van der Waals surface area contributed by atoms with E-state index in [9.17, 15) is 4.79 Å². The van der Waals surface area contributed by atoms with Crippen molar-refractivity contribution >= 4 is 17.6 Å². The van der Waals surface area contributed by atoms with Gasteiger partial charge in [0.15, 0.2) is 5.69 Å². The van der Waals surface area contributed by atoms with E-state index in [-0.39, 0.29) is 10.7 Å². The summed E-state index contributed by atoms with van der Waals surface area (Å²) < 4.78 is 4.75. The zero-order chi connectivity index (χ0) is 9.84. The number of nitrogens with zero attached hydrogens (tertiary/aromatic N) is 2. The molecule has 4 nitrogen and oxygen atoms in total. The zero-order valence-corrected chi connectivity index (χ0v) is 8.13. The first-order valence-electron chi connectivity index (χ1n) is 3.81. The number of halogens is 1. The molecule has 0 saturated carbocycles. The monoisotopic (exact) mass is 200 g/mol. The summed E-state index contributed by atoms with van der Waals surface area (Å²) in [5.41, 5.74) is 0.121. The molecular formula is C8H9ClN2O2. The minimum atomic E-state index is -0.516. The number of carbonyl (C=O) groups excluding carboxylic acids is 1. The molecule has 1 rings (SSSR count). The zero-order valence-electron chi connectivity index (χ0n) is 7.37. The van der Waals surface area contributed by atoms with E-state index in [0.29, 0.717) is 12.4 Å². The van der Waals surface area contributed by atoms with Crippen LogP contribution in [0.4, 0.5) is 0 Å². The highest BCUT2D eigenvalue weighted by molar-refractivity contribution is 6.33. The molecule has 1 aromatic rings. The van der Waals surface area contributed by atoms with Gasteiger partial charge in [0.2, 0.25) is 0 Å². The number of ether oxygens (including phenoxy) is 1. The van der Waals surface area contributed by atoms with Crippen molar-refractivity contribution in [2.75, 3.05) is 6.61 Å². The molecule has 0 amide bonds. The van der Waals surface area contributed by atoms with Gasteiger partial charge in [-0.2, -0.15) is 0 Å². The molecule has 0 aromatic carbocycles. The second-order valence-electron chi connectivity index (χ2n) is 2.33. The Balaban J connectivity index is 2.99. The molecule has 70 valence electrons. The summed E-state index contributed by atoms with van der Waals surface area (Å²) in [6.07, 6.45) is 1.39.